The van der Waals surface area contributed by atoms with Crippen molar-refractivity contribution < 1.29 is 14.0 Å². The van der Waals surface area contributed by atoms with Gasteiger partial charge in [0.15, 0.2) is 0 Å². The van der Waals surface area contributed by atoms with E-state index in [0.717, 1.165) is 0 Å². The van der Waals surface area contributed by atoms with E-state index in [4.69, 9.17) is 5.73 Å². The molecule has 1 heterocycles. The van der Waals surface area contributed by atoms with Crippen LogP contribution in [0.1, 0.15) is 24.8 Å². The second-order valence-electron chi connectivity index (χ2n) is 4.52. The topological polar surface area (TPSA) is 84.5 Å². The number of benzene rings is 1. The van der Waals surface area contributed by atoms with Crippen molar-refractivity contribution in [1.82, 2.24) is 5.32 Å². The number of aliphatic imine (C=N–C) groups is 1. The number of amides is 2. The lowest BCUT2D eigenvalue weighted by Gasteiger charge is -2.21. The van der Waals surface area contributed by atoms with Gasteiger partial charge in [-0.25, -0.2) is 4.39 Å². The number of amidine groups is 1. The summed E-state index contributed by atoms with van der Waals surface area (Å²) >= 11 is 0. The number of nitrogens with one attached hydrogen (secondary N) is 1. The van der Waals surface area contributed by atoms with Gasteiger partial charge >= 0.3 is 0 Å². The second kappa shape index (κ2) is 5.27. The van der Waals surface area contributed by atoms with Gasteiger partial charge < -0.3 is 11.1 Å². The molecule has 0 spiro atoms. The molecule has 0 aliphatic carbocycles. The van der Waals surface area contributed by atoms with Crippen molar-refractivity contribution in [1.29, 1.82) is 0 Å². The van der Waals surface area contributed by atoms with E-state index in [1.165, 1.54) is 18.2 Å². The number of hydrogen-bond acceptors (Lipinski definition) is 3. The highest BCUT2D eigenvalue weighted by Crippen LogP contribution is 2.23. The maximum Gasteiger partial charge on any atom is 0.264 e. The molecule has 0 bridgehead atoms. The average molecular weight is 263 g/mol. The Labute approximate surface area is 109 Å². The lowest BCUT2D eigenvalue weighted by Crippen LogP contribution is -2.44. The van der Waals surface area contributed by atoms with E-state index in [0.29, 0.717) is 6.42 Å². The number of nitrogens with two attached hydrogens (primary N) is 1. The molecule has 19 heavy (non-hydrogen) atoms. The van der Waals surface area contributed by atoms with Gasteiger partial charge in [-0.1, -0.05) is 18.2 Å². The molecule has 1 aliphatic heterocycles. The standard InChI is InChI=1S/C13H14FN3O2/c1-7(15)6-10-16-12(18)11(13(19)17-10)8-4-2-3-5-9(8)14/h2-5,7,11H,6,15H2,1H3,(H,16,17,18,19). The minimum atomic E-state index is -1.22. The lowest BCUT2D eigenvalue weighted by atomic mass is 9.95. The molecule has 100 valence electrons. The van der Waals surface area contributed by atoms with Crippen LogP contribution in [-0.4, -0.2) is 23.7 Å². The van der Waals surface area contributed by atoms with Crippen LogP contribution in [0.15, 0.2) is 29.3 Å². The van der Waals surface area contributed by atoms with Crippen molar-refractivity contribution >= 4 is 17.6 Å². The van der Waals surface area contributed by atoms with Gasteiger partial charge in [0, 0.05) is 18.0 Å². The van der Waals surface area contributed by atoms with Crippen molar-refractivity contribution in [3.63, 3.8) is 0 Å². The fourth-order valence-corrected chi connectivity index (χ4v) is 1.94. The normalized spacial score (nSPS) is 20.8. The van der Waals surface area contributed by atoms with Crippen LogP contribution in [0.2, 0.25) is 0 Å². The first-order valence-corrected chi connectivity index (χ1v) is 5.91. The molecule has 3 N–H and O–H groups in total. The third-order valence-corrected chi connectivity index (χ3v) is 2.75. The maximum absolute atomic E-state index is 13.6. The largest absolute Gasteiger partial charge is 0.328 e. The highest BCUT2D eigenvalue weighted by molar-refractivity contribution is 6.19. The highest BCUT2D eigenvalue weighted by Gasteiger charge is 2.35. The van der Waals surface area contributed by atoms with E-state index in [2.05, 4.69) is 10.3 Å². The average Bonchev–Trinajstić information content (AvgIpc) is 2.29. The van der Waals surface area contributed by atoms with E-state index in [1.54, 1.807) is 13.0 Å². The van der Waals surface area contributed by atoms with Crippen molar-refractivity contribution in [3.8, 4) is 0 Å². The van der Waals surface area contributed by atoms with Crippen molar-refractivity contribution in [2.24, 2.45) is 10.7 Å². The quantitative estimate of drug-likeness (QED) is 0.787. The smallest absolute Gasteiger partial charge is 0.264 e. The van der Waals surface area contributed by atoms with Gasteiger partial charge in [0.25, 0.3) is 5.91 Å². The van der Waals surface area contributed by atoms with Crippen molar-refractivity contribution in [2.45, 2.75) is 25.3 Å². The van der Waals surface area contributed by atoms with Crippen LogP contribution in [0.25, 0.3) is 0 Å². The first-order valence-electron chi connectivity index (χ1n) is 5.91. The summed E-state index contributed by atoms with van der Waals surface area (Å²) in [5, 5.41) is 2.50. The van der Waals surface area contributed by atoms with Gasteiger partial charge in [0.05, 0.1) is 0 Å². The van der Waals surface area contributed by atoms with Crippen LogP contribution >= 0.6 is 0 Å². The zero-order chi connectivity index (χ0) is 14.0. The second-order valence-corrected chi connectivity index (χ2v) is 4.52. The lowest BCUT2D eigenvalue weighted by molar-refractivity contribution is -0.130. The highest BCUT2D eigenvalue weighted by atomic mass is 19.1. The first kappa shape index (κ1) is 13.4. The van der Waals surface area contributed by atoms with Crippen LogP contribution in [-0.2, 0) is 9.59 Å². The molecule has 1 aliphatic rings. The number of rotatable bonds is 3. The summed E-state index contributed by atoms with van der Waals surface area (Å²) in [5.74, 6) is -2.82. The predicted octanol–water partition coefficient (Wildman–Crippen LogP) is 0.701. The van der Waals surface area contributed by atoms with Gasteiger partial charge in [-0.05, 0) is 13.0 Å². The maximum atomic E-state index is 13.6. The van der Waals surface area contributed by atoms with E-state index in [-0.39, 0.29) is 17.4 Å². The number of carbonyl (C=O) groups is 2. The Balaban J connectivity index is 2.31. The molecule has 0 radical (unpaired) electrons. The molecule has 2 amide bonds. The van der Waals surface area contributed by atoms with Crippen molar-refractivity contribution in [2.75, 3.05) is 0 Å². The summed E-state index contributed by atoms with van der Waals surface area (Å²) in [6, 6.07) is 5.45. The SMILES string of the molecule is CC(N)CC1=NC(=O)C(c2ccccc2F)C(=O)N1. The zero-order valence-corrected chi connectivity index (χ0v) is 10.4. The molecule has 0 saturated carbocycles. The monoisotopic (exact) mass is 263 g/mol. The van der Waals surface area contributed by atoms with Crippen LogP contribution in [0, 0.1) is 5.82 Å². The Morgan fingerprint density at radius 3 is 2.68 bits per heavy atom. The van der Waals surface area contributed by atoms with Crippen LogP contribution in [0.3, 0.4) is 0 Å². The van der Waals surface area contributed by atoms with Gasteiger partial charge in [0.2, 0.25) is 5.91 Å². The molecule has 0 fully saturated rings. The Hall–Kier alpha value is -2.08. The zero-order valence-electron chi connectivity index (χ0n) is 10.4. The van der Waals surface area contributed by atoms with Crippen LogP contribution < -0.4 is 11.1 Å². The summed E-state index contributed by atoms with van der Waals surface area (Å²) in [4.78, 5) is 27.6. The molecule has 2 rings (SSSR count). The van der Waals surface area contributed by atoms with Crippen molar-refractivity contribution in [3.05, 3.63) is 35.6 Å². The summed E-state index contributed by atoms with van der Waals surface area (Å²) in [6.07, 6.45) is 0.293. The molecule has 1 aromatic rings. The molecule has 5 nitrogen and oxygen atoms in total. The van der Waals surface area contributed by atoms with Gasteiger partial charge in [-0.15, -0.1) is 0 Å². The van der Waals surface area contributed by atoms with E-state index < -0.39 is 23.5 Å². The molecule has 1 aromatic carbocycles. The molecular formula is C13H14FN3O2. The number of hydrogen-bond donors (Lipinski definition) is 2. The van der Waals surface area contributed by atoms with Gasteiger partial charge in [-0.3, -0.25) is 9.59 Å². The Morgan fingerprint density at radius 1 is 1.42 bits per heavy atom. The number of carbonyl (C=O) groups excluding carboxylic acids is 2. The Morgan fingerprint density at radius 2 is 2.11 bits per heavy atom. The van der Waals surface area contributed by atoms with E-state index in [1.807, 2.05) is 0 Å². The fraction of sp³-hybridized carbons (Fsp3) is 0.308. The fourth-order valence-electron chi connectivity index (χ4n) is 1.94. The first-order chi connectivity index (χ1) is 8.99. The summed E-state index contributed by atoms with van der Waals surface area (Å²) in [5.41, 5.74) is 5.62. The molecule has 2 unspecified atom stereocenters. The van der Waals surface area contributed by atoms with Crippen LogP contribution in [0.5, 0.6) is 0 Å². The number of nitrogens with zero attached hydrogens (tertiary/aromatic N) is 1. The van der Waals surface area contributed by atoms with Crippen LogP contribution in [0.4, 0.5) is 4.39 Å². The summed E-state index contributed by atoms with van der Waals surface area (Å²) < 4.78 is 13.6. The summed E-state index contributed by atoms with van der Waals surface area (Å²) in [7, 11) is 0. The van der Waals surface area contributed by atoms with Gasteiger partial charge in [0.1, 0.15) is 17.6 Å². The summed E-state index contributed by atoms with van der Waals surface area (Å²) in [6.45, 7) is 1.74. The molecule has 6 heteroatoms. The molecule has 0 saturated heterocycles. The molecule has 0 aromatic heterocycles. The predicted molar refractivity (Wildman–Crippen MR) is 68.0 cm³/mol. The third-order valence-electron chi connectivity index (χ3n) is 2.75. The van der Waals surface area contributed by atoms with E-state index in [9.17, 15) is 14.0 Å². The molecular weight excluding hydrogens is 249 g/mol. The Kier molecular flexibility index (Phi) is 3.71. The molecule has 2 atom stereocenters. The minimum Gasteiger partial charge on any atom is -0.328 e. The van der Waals surface area contributed by atoms with E-state index >= 15 is 0 Å². The third kappa shape index (κ3) is 2.85. The van der Waals surface area contributed by atoms with Gasteiger partial charge in [-0.2, -0.15) is 4.99 Å². The number of halogens is 1. The minimum absolute atomic E-state index is 0.0357. The Bertz CT molecular complexity index is 555.